The molecule has 1 rings (SSSR count). The summed E-state index contributed by atoms with van der Waals surface area (Å²) < 4.78 is 4.68. The Labute approximate surface area is 94.7 Å². The third kappa shape index (κ3) is 3.64. The molecule has 1 aliphatic heterocycles. The van der Waals surface area contributed by atoms with Crippen LogP contribution >= 0.6 is 0 Å². The average Bonchev–Trinajstić information content (AvgIpc) is 2.78. The molecule has 0 radical (unpaired) electrons. The van der Waals surface area contributed by atoms with Crippen LogP contribution < -0.4 is 0 Å². The van der Waals surface area contributed by atoms with E-state index in [0.717, 1.165) is 12.8 Å². The van der Waals surface area contributed by atoms with Gasteiger partial charge in [0.1, 0.15) is 0 Å². The standard InChI is InChI=1S/C11H17NO4/c1-2-16-10(14)6-5-9(13)11(15)12-7-3-4-8-12/h2-8H2,1H3. The maximum atomic E-state index is 11.5. The predicted octanol–water partition coefficient (Wildman–Crippen LogP) is 0.521. The fraction of sp³-hybridized carbons (Fsp3) is 0.727. The van der Waals surface area contributed by atoms with Gasteiger partial charge in [-0.15, -0.1) is 0 Å². The highest BCUT2D eigenvalue weighted by Gasteiger charge is 2.24. The highest BCUT2D eigenvalue weighted by atomic mass is 16.5. The Kier molecular flexibility index (Phi) is 4.95. The summed E-state index contributed by atoms with van der Waals surface area (Å²) in [5.74, 6) is -1.37. The Balaban J connectivity index is 2.28. The van der Waals surface area contributed by atoms with Crippen LogP contribution in [0.3, 0.4) is 0 Å². The van der Waals surface area contributed by atoms with Gasteiger partial charge in [0.25, 0.3) is 5.91 Å². The number of carbonyl (C=O) groups excluding carboxylic acids is 3. The summed E-state index contributed by atoms with van der Waals surface area (Å²) in [6.45, 7) is 3.32. The number of rotatable bonds is 5. The van der Waals surface area contributed by atoms with E-state index in [1.54, 1.807) is 11.8 Å². The second-order valence-electron chi connectivity index (χ2n) is 3.73. The van der Waals surface area contributed by atoms with Crippen molar-refractivity contribution in [1.29, 1.82) is 0 Å². The number of likely N-dealkylation sites (tertiary alicyclic amines) is 1. The Hall–Kier alpha value is -1.39. The van der Waals surface area contributed by atoms with E-state index in [0.29, 0.717) is 19.7 Å². The van der Waals surface area contributed by atoms with Gasteiger partial charge in [0.05, 0.1) is 13.0 Å². The van der Waals surface area contributed by atoms with E-state index in [1.807, 2.05) is 0 Å². The molecule has 1 saturated heterocycles. The van der Waals surface area contributed by atoms with E-state index >= 15 is 0 Å². The van der Waals surface area contributed by atoms with Gasteiger partial charge in [0.15, 0.2) is 0 Å². The SMILES string of the molecule is CCOC(=O)CCC(=O)C(=O)N1CCCC1. The Morgan fingerprint density at radius 2 is 1.75 bits per heavy atom. The molecule has 0 unspecified atom stereocenters. The van der Waals surface area contributed by atoms with Crippen LogP contribution in [0.25, 0.3) is 0 Å². The van der Waals surface area contributed by atoms with Crippen molar-refractivity contribution in [1.82, 2.24) is 4.90 Å². The maximum Gasteiger partial charge on any atom is 0.306 e. The molecule has 1 fully saturated rings. The molecule has 0 aromatic carbocycles. The maximum absolute atomic E-state index is 11.5. The van der Waals surface area contributed by atoms with Gasteiger partial charge in [-0.3, -0.25) is 14.4 Å². The third-order valence-electron chi connectivity index (χ3n) is 2.49. The zero-order chi connectivity index (χ0) is 12.0. The van der Waals surface area contributed by atoms with Crippen LogP contribution in [0.5, 0.6) is 0 Å². The van der Waals surface area contributed by atoms with E-state index < -0.39 is 17.7 Å². The van der Waals surface area contributed by atoms with Crippen LogP contribution in [-0.4, -0.2) is 42.3 Å². The van der Waals surface area contributed by atoms with Crippen LogP contribution in [0.1, 0.15) is 32.6 Å². The number of hydrogen-bond donors (Lipinski definition) is 0. The first-order chi connectivity index (χ1) is 7.65. The van der Waals surface area contributed by atoms with E-state index in [4.69, 9.17) is 0 Å². The molecule has 0 spiro atoms. The lowest BCUT2D eigenvalue weighted by Gasteiger charge is -2.13. The average molecular weight is 227 g/mol. The lowest BCUT2D eigenvalue weighted by Crippen LogP contribution is -2.34. The van der Waals surface area contributed by atoms with Gasteiger partial charge in [-0.25, -0.2) is 0 Å². The second kappa shape index (κ2) is 6.25. The summed E-state index contributed by atoms with van der Waals surface area (Å²) >= 11 is 0. The number of esters is 1. The molecule has 0 aromatic rings. The van der Waals surface area contributed by atoms with Crippen molar-refractivity contribution in [2.75, 3.05) is 19.7 Å². The molecule has 16 heavy (non-hydrogen) atoms. The van der Waals surface area contributed by atoms with Crippen molar-refractivity contribution >= 4 is 17.7 Å². The van der Waals surface area contributed by atoms with E-state index in [-0.39, 0.29) is 12.8 Å². The highest BCUT2D eigenvalue weighted by Crippen LogP contribution is 2.09. The van der Waals surface area contributed by atoms with Gasteiger partial charge >= 0.3 is 5.97 Å². The molecule has 0 N–H and O–H groups in total. The van der Waals surface area contributed by atoms with E-state index in [2.05, 4.69) is 4.74 Å². The number of carbonyl (C=O) groups is 3. The zero-order valence-corrected chi connectivity index (χ0v) is 9.53. The summed E-state index contributed by atoms with van der Waals surface area (Å²) in [6.07, 6.45) is 1.86. The highest BCUT2D eigenvalue weighted by molar-refractivity contribution is 6.36. The third-order valence-corrected chi connectivity index (χ3v) is 2.49. The lowest BCUT2D eigenvalue weighted by molar-refractivity contribution is -0.147. The second-order valence-corrected chi connectivity index (χ2v) is 3.73. The van der Waals surface area contributed by atoms with Gasteiger partial charge in [-0.2, -0.15) is 0 Å². The largest absolute Gasteiger partial charge is 0.466 e. The van der Waals surface area contributed by atoms with Crippen LogP contribution in [0, 0.1) is 0 Å². The van der Waals surface area contributed by atoms with Gasteiger partial charge < -0.3 is 9.64 Å². The summed E-state index contributed by atoms with van der Waals surface area (Å²) in [5, 5.41) is 0. The van der Waals surface area contributed by atoms with Crippen LogP contribution in [-0.2, 0) is 19.1 Å². The van der Waals surface area contributed by atoms with Gasteiger partial charge in [-0.1, -0.05) is 0 Å². The van der Waals surface area contributed by atoms with Gasteiger partial charge in [0.2, 0.25) is 5.78 Å². The van der Waals surface area contributed by atoms with Crippen molar-refractivity contribution < 1.29 is 19.1 Å². The minimum absolute atomic E-state index is 0.00769. The summed E-state index contributed by atoms with van der Waals surface area (Å²) in [5.41, 5.74) is 0. The first-order valence-corrected chi connectivity index (χ1v) is 5.63. The molecule has 0 bridgehead atoms. The molecule has 0 atom stereocenters. The lowest BCUT2D eigenvalue weighted by atomic mass is 10.2. The normalized spacial score (nSPS) is 14.9. The molecule has 90 valence electrons. The summed E-state index contributed by atoms with van der Waals surface area (Å²) in [7, 11) is 0. The molecule has 1 amide bonds. The number of hydrogen-bond acceptors (Lipinski definition) is 4. The minimum Gasteiger partial charge on any atom is -0.466 e. The molecule has 5 nitrogen and oxygen atoms in total. The Morgan fingerprint density at radius 3 is 2.31 bits per heavy atom. The molecule has 0 aliphatic carbocycles. The van der Waals surface area contributed by atoms with Crippen molar-refractivity contribution in [2.24, 2.45) is 0 Å². The van der Waals surface area contributed by atoms with Crippen LogP contribution in [0.2, 0.25) is 0 Å². The van der Waals surface area contributed by atoms with E-state index in [1.165, 1.54) is 0 Å². The van der Waals surface area contributed by atoms with Crippen molar-refractivity contribution in [3.8, 4) is 0 Å². The molecule has 5 heteroatoms. The van der Waals surface area contributed by atoms with Gasteiger partial charge in [0, 0.05) is 19.5 Å². The zero-order valence-electron chi connectivity index (χ0n) is 9.53. The smallest absolute Gasteiger partial charge is 0.306 e. The fourth-order valence-electron chi connectivity index (χ4n) is 1.65. The summed E-state index contributed by atoms with van der Waals surface area (Å²) in [6, 6.07) is 0. The van der Waals surface area contributed by atoms with Crippen molar-refractivity contribution in [2.45, 2.75) is 32.6 Å². The topological polar surface area (TPSA) is 63.7 Å². The molecular weight excluding hydrogens is 210 g/mol. The number of Topliss-reactive ketones (excluding diaryl/α,β-unsaturated/α-hetero) is 1. The Morgan fingerprint density at radius 1 is 1.12 bits per heavy atom. The number of nitrogens with zero attached hydrogens (tertiary/aromatic N) is 1. The van der Waals surface area contributed by atoms with Crippen molar-refractivity contribution in [3.05, 3.63) is 0 Å². The Bertz CT molecular complexity index is 282. The monoisotopic (exact) mass is 227 g/mol. The van der Waals surface area contributed by atoms with Crippen molar-refractivity contribution in [3.63, 3.8) is 0 Å². The first kappa shape index (κ1) is 12.7. The first-order valence-electron chi connectivity index (χ1n) is 5.63. The van der Waals surface area contributed by atoms with Gasteiger partial charge in [-0.05, 0) is 19.8 Å². The minimum atomic E-state index is -0.491. The molecule has 0 aromatic heterocycles. The van der Waals surface area contributed by atoms with E-state index in [9.17, 15) is 14.4 Å². The number of ketones is 1. The summed E-state index contributed by atoms with van der Waals surface area (Å²) in [4.78, 5) is 35.5. The van der Waals surface area contributed by atoms with Crippen LogP contribution in [0.4, 0.5) is 0 Å². The van der Waals surface area contributed by atoms with Crippen LogP contribution in [0.15, 0.2) is 0 Å². The molecular formula is C11H17NO4. The number of amides is 1. The molecule has 1 heterocycles. The molecule has 0 saturated carbocycles. The number of ether oxygens (including phenoxy) is 1. The quantitative estimate of drug-likeness (QED) is 0.507. The fourth-order valence-corrected chi connectivity index (χ4v) is 1.65. The predicted molar refractivity (Wildman–Crippen MR) is 56.7 cm³/mol. The molecule has 1 aliphatic rings.